The number of sulfonamides is 1. The van der Waals surface area contributed by atoms with Crippen molar-refractivity contribution < 1.29 is 22.7 Å². The first kappa shape index (κ1) is 31.0. The lowest BCUT2D eigenvalue weighted by Crippen LogP contribution is -2.51. The fourth-order valence-corrected chi connectivity index (χ4v) is 5.75. The van der Waals surface area contributed by atoms with E-state index in [1.807, 2.05) is 20.8 Å². The number of amides is 2. The van der Waals surface area contributed by atoms with Crippen molar-refractivity contribution in [2.75, 3.05) is 24.5 Å². The fourth-order valence-electron chi connectivity index (χ4n) is 4.09. The number of nitrogens with zero attached hydrogens (tertiary/aromatic N) is 2. The molecule has 3 rings (SSSR count). The van der Waals surface area contributed by atoms with Gasteiger partial charge in [0.25, 0.3) is 10.0 Å². The maximum absolute atomic E-state index is 14.0. The Morgan fingerprint density at radius 1 is 0.975 bits per heavy atom. The van der Waals surface area contributed by atoms with Crippen LogP contribution < -0.4 is 14.4 Å². The average molecular weight is 586 g/mol. The number of carbonyl (C=O) groups excluding carboxylic acids is 2. The molecule has 3 aromatic carbocycles. The molecule has 1 N–H and O–H groups in total. The maximum atomic E-state index is 14.0. The Labute approximate surface area is 241 Å². The van der Waals surface area contributed by atoms with Gasteiger partial charge >= 0.3 is 0 Å². The molecule has 0 radical (unpaired) electrons. The summed E-state index contributed by atoms with van der Waals surface area (Å²) in [6.45, 7) is 7.34. The van der Waals surface area contributed by atoms with Gasteiger partial charge in [0.1, 0.15) is 18.3 Å². The first-order valence-electron chi connectivity index (χ1n) is 13.0. The SMILES string of the molecule is COc1ccc(C)cc1N(CC(=O)N(Cc1cccc(Cl)c1)C(C)C(=O)NCC(C)C)S(=O)(=O)c1ccccc1. The zero-order chi connectivity index (χ0) is 29.4. The predicted octanol–water partition coefficient (Wildman–Crippen LogP) is 5.04. The predicted molar refractivity (Wildman–Crippen MR) is 158 cm³/mol. The van der Waals surface area contributed by atoms with E-state index in [4.69, 9.17) is 16.3 Å². The van der Waals surface area contributed by atoms with Gasteiger partial charge in [0.2, 0.25) is 11.8 Å². The van der Waals surface area contributed by atoms with Crippen LogP contribution in [0.3, 0.4) is 0 Å². The number of methoxy groups -OCH3 is 1. The number of halogens is 1. The van der Waals surface area contributed by atoms with Crippen LogP contribution in [0.5, 0.6) is 5.75 Å². The largest absolute Gasteiger partial charge is 0.495 e. The Kier molecular flexibility index (Phi) is 10.6. The van der Waals surface area contributed by atoms with Crippen LogP contribution in [0.15, 0.2) is 77.7 Å². The second-order valence-electron chi connectivity index (χ2n) is 9.97. The minimum absolute atomic E-state index is 0.0236. The fraction of sp³-hybridized carbons (Fsp3) is 0.333. The second kappa shape index (κ2) is 13.7. The number of aryl methyl sites for hydroxylation is 1. The van der Waals surface area contributed by atoms with Crippen molar-refractivity contribution in [1.29, 1.82) is 0 Å². The van der Waals surface area contributed by atoms with E-state index in [1.54, 1.807) is 67.6 Å². The van der Waals surface area contributed by atoms with Crippen LogP contribution in [0.4, 0.5) is 5.69 Å². The highest BCUT2D eigenvalue weighted by molar-refractivity contribution is 7.92. The zero-order valence-corrected chi connectivity index (χ0v) is 25.0. The van der Waals surface area contributed by atoms with Gasteiger partial charge in [-0.05, 0) is 67.3 Å². The van der Waals surface area contributed by atoms with Gasteiger partial charge in [-0.2, -0.15) is 0 Å². The molecule has 0 saturated heterocycles. The molecule has 0 aliphatic rings. The molecule has 0 spiro atoms. The molecule has 40 heavy (non-hydrogen) atoms. The third-order valence-corrected chi connectivity index (χ3v) is 8.32. The highest BCUT2D eigenvalue weighted by atomic mass is 35.5. The molecule has 1 unspecified atom stereocenters. The van der Waals surface area contributed by atoms with E-state index in [9.17, 15) is 18.0 Å². The summed E-state index contributed by atoms with van der Waals surface area (Å²) in [7, 11) is -2.75. The Bertz CT molecular complexity index is 1430. The molecular weight excluding hydrogens is 550 g/mol. The van der Waals surface area contributed by atoms with Gasteiger partial charge in [0, 0.05) is 18.1 Å². The highest BCUT2D eigenvalue weighted by Gasteiger charge is 2.33. The number of benzene rings is 3. The molecule has 0 fully saturated rings. The van der Waals surface area contributed by atoms with Crippen LogP contribution in [0.1, 0.15) is 31.9 Å². The van der Waals surface area contributed by atoms with Crippen molar-refractivity contribution in [3.05, 3.63) is 88.9 Å². The normalized spacial score (nSPS) is 12.1. The van der Waals surface area contributed by atoms with Crippen LogP contribution in [-0.4, -0.2) is 51.4 Å². The first-order valence-corrected chi connectivity index (χ1v) is 14.8. The van der Waals surface area contributed by atoms with Crippen LogP contribution in [0.25, 0.3) is 0 Å². The second-order valence-corrected chi connectivity index (χ2v) is 12.3. The molecule has 8 nitrogen and oxygen atoms in total. The molecule has 0 aliphatic heterocycles. The molecule has 0 saturated carbocycles. The number of hydrogen-bond donors (Lipinski definition) is 1. The molecule has 0 aliphatic carbocycles. The maximum Gasteiger partial charge on any atom is 0.264 e. The van der Waals surface area contributed by atoms with Crippen molar-refractivity contribution in [3.8, 4) is 5.75 Å². The number of hydrogen-bond acceptors (Lipinski definition) is 5. The third kappa shape index (κ3) is 7.76. The smallest absolute Gasteiger partial charge is 0.264 e. The standard InChI is InChI=1S/C30H36ClN3O5S/c1-21(2)18-32-30(36)23(4)33(19-24-10-9-11-25(31)17-24)29(35)20-34(27-16-22(3)14-15-28(27)39-5)40(37,38)26-12-7-6-8-13-26/h6-17,21,23H,18-20H2,1-5H3,(H,32,36). The van der Waals surface area contributed by atoms with Gasteiger partial charge in [0.15, 0.2) is 0 Å². The molecule has 3 aromatic rings. The van der Waals surface area contributed by atoms with Gasteiger partial charge in [-0.1, -0.05) is 61.8 Å². The summed E-state index contributed by atoms with van der Waals surface area (Å²) < 4.78 is 34.5. The Balaban J connectivity index is 2.07. The lowest BCUT2D eigenvalue weighted by molar-refractivity contribution is -0.139. The van der Waals surface area contributed by atoms with E-state index < -0.39 is 28.5 Å². The van der Waals surface area contributed by atoms with E-state index >= 15 is 0 Å². The summed E-state index contributed by atoms with van der Waals surface area (Å²) in [4.78, 5) is 28.5. The summed E-state index contributed by atoms with van der Waals surface area (Å²) in [5.74, 6) is -0.388. The van der Waals surface area contributed by atoms with Crippen LogP contribution in [0.2, 0.25) is 5.02 Å². The van der Waals surface area contributed by atoms with Crippen molar-refractivity contribution in [1.82, 2.24) is 10.2 Å². The van der Waals surface area contributed by atoms with E-state index in [0.717, 1.165) is 9.87 Å². The van der Waals surface area contributed by atoms with Gasteiger partial charge in [0.05, 0.1) is 17.7 Å². The molecular formula is C30H36ClN3O5S. The van der Waals surface area contributed by atoms with E-state index in [1.165, 1.54) is 24.1 Å². The van der Waals surface area contributed by atoms with Gasteiger partial charge in [-0.15, -0.1) is 0 Å². The van der Waals surface area contributed by atoms with Crippen LogP contribution in [0, 0.1) is 12.8 Å². The van der Waals surface area contributed by atoms with Crippen LogP contribution in [-0.2, 0) is 26.2 Å². The molecule has 0 aromatic heterocycles. The minimum Gasteiger partial charge on any atom is -0.495 e. The first-order chi connectivity index (χ1) is 18.9. The topological polar surface area (TPSA) is 96.0 Å². The van der Waals surface area contributed by atoms with Gasteiger partial charge in [-0.25, -0.2) is 8.42 Å². The van der Waals surface area contributed by atoms with E-state index in [-0.39, 0.29) is 29.0 Å². The Morgan fingerprint density at radius 2 is 1.68 bits per heavy atom. The Hall–Kier alpha value is -3.56. The summed E-state index contributed by atoms with van der Waals surface area (Å²) in [5, 5.41) is 3.36. The van der Waals surface area contributed by atoms with Crippen LogP contribution >= 0.6 is 11.6 Å². The van der Waals surface area contributed by atoms with Crippen molar-refractivity contribution in [2.45, 2.75) is 45.2 Å². The number of carbonyl (C=O) groups is 2. The zero-order valence-electron chi connectivity index (χ0n) is 23.4. The number of anilines is 1. The summed E-state index contributed by atoms with van der Waals surface area (Å²) >= 11 is 6.19. The van der Waals surface area contributed by atoms with Gasteiger partial charge in [-0.3, -0.25) is 13.9 Å². The third-order valence-electron chi connectivity index (χ3n) is 6.31. The molecule has 214 valence electrons. The summed E-state index contributed by atoms with van der Waals surface area (Å²) in [5.41, 5.74) is 1.71. The Morgan fingerprint density at radius 3 is 2.30 bits per heavy atom. The molecule has 0 heterocycles. The quantitative estimate of drug-likeness (QED) is 0.321. The number of ether oxygens (including phenoxy) is 1. The van der Waals surface area contributed by atoms with Gasteiger partial charge < -0.3 is 15.0 Å². The minimum atomic E-state index is -4.19. The lowest BCUT2D eigenvalue weighted by atomic mass is 10.1. The van der Waals surface area contributed by atoms with Crippen molar-refractivity contribution in [3.63, 3.8) is 0 Å². The molecule has 0 bridgehead atoms. The van der Waals surface area contributed by atoms with E-state index in [0.29, 0.717) is 22.9 Å². The monoisotopic (exact) mass is 585 g/mol. The highest BCUT2D eigenvalue weighted by Crippen LogP contribution is 2.33. The number of nitrogens with one attached hydrogen (secondary N) is 1. The van der Waals surface area contributed by atoms with Crippen molar-refractivity contribution >= 4 is 39.1 Å². The molecule has 10 heteroatoms. The van der Waals surface area contributed by atoms with E-state index in [2.05, 4.69) is 5.32 Å². The molecule has 2 amide bonds. The average Bonchev–Trinajstić information content (AvgIpc) is 2.93. The summed E-state index contributed by atoms with van der Waals surface area (Å²) in [6, 6.07) is 19.1. The van der Waals surface area contributed by atoms with Crippen molar-refractivity contribution in [2.24, 2.45) is 5.92 Å². The summed E-state index contributed by atoms with van der Waals surface area (Å²) in [6.07, 6.45) is 0. The lowest BCUT2D eigenvalue weighted by Gasteiger charge is -2.32. The number of rotatable bonds is 12. The molecule has 1 atom stereocenters.